The molecule has 0 saturated carbocycles. The Hall–Kier alpha value is -1.69. The highest BCUT2D eigenvalue weighted by Gasteiger charge is 2.21. The lowest BCUT2D eigenvalue weighted by molar-refractivity contribution is -0.136. The molecule has 0 radical (unpaired) electrons. The normalized spacial score (nSPS) is 19.1. The van der Waals surface area contributed by atoms with E-state index < -0.39 is 5.97 Å². The van der Waals surface area contributed by atoms with Gasteiger partial charge in [0.15, 0.2) is 0 Å². The number of anilines is 1. The van der Waals surface area contributed by atoms with E-state index >= 15 is 0 Å². The van der Waals surface area contributed by atoms with Crippen molar-refractivity contribution in [1.82, 2.24) is 15.3 Å². The molecule has 1 unspecified atom stereocenters. The minimum atomic E-state index is -0.808. The Balaban J connectivity index is 1.92. The van der Waals surface area contributed by atoms with Gasteiger partial charge in [-0.3, -0.25) is 9.78 Å². The van der Waals surface area contributed by atoms with Crippen molar-refractivity contribution in [1.29, 1.82) is 0 Å². The third kappa shape index (κ3) is 3.90. The van der Waals surface area contributed by atoms with Gasteiger partial charge in [-0.05, 0) is 32.6 Å². The molecule has 2 heterocycles. The van der Waals surface area contributed by atoms with Crippen molar-refractivity contribution in [3.63, 3.8) is 0 Å². The Morgan fingerprint density at radius 2 is 2.30 bits per heavy atom. The molecule has 0 bridgehead atoms. The molecule has 1 fully saturated rings. The maximum atomic E-state index is 10.5. The molecule has 110 valence electrons. The topological polar surface area (TPSA) is 78.4 Å². The van der Waals surface area contributed by atoms with E-state index in [-0.39, 0.29) is 6.54 Å². The van der Waals surface area contributed by atoms with Crippen molar-refractivity contribution in [3.05, 3.63) is 17.6 Å². The summed E-state index contributed by atoms with van der Waals surface area (Å²) in [5, 5.41) is 11.6. The molecule has 0 aromatic carbocycles. The van der Waals surface area contributed by atoms with Crippen LogP contribution in [0.2, 0.25) is 0 Å². The Kier molecular flexibility index (Phi) is 4.89. The number of piperidine rings is 1. The molecule has 0 aliphatic carbocycles. The molecule has 1 aromatic rings. The van der Waals surface area contributed by atoms with E-state index in [1.165, 1.54) is 0 Å². The van der Waals surface area contributed by atoms with Crippen LogP contribution in [0.1, 0.15) is 24.2 Å². The van der Waals surface area contributed by atoms with Crippen LogP contribution >= 0.6 is 0 Å². The van der Waals surface area contributed by atoms with Crippen molar-refractivity contribution in [2.24, 2.45) is 5.92 Å². The van der Waals surface area contributed by atoms with Gasteiger partial charge in [0.1, 0.15) is 5.82 Å². The Morgan fingerprint density at radius 1 is 1.50 bits per heavy atom. The average Bonchev–Trinajstić information content (AvgIpc) is 2.42. The highest BCUT2D eigenvalue weighted by atomic mass is 16.4. The summed E-state index contributed by atoms with van der Waals surface area (Å²) in [7, 11) is 0. The zero-order chi connectivity index (χ0) is 14.5. The SMILES string of the molecule is Cc1ncc(N2CCCC(CNCC(=O)O)C2)nc1C. The lowest BCUT2D eigenvalue weighted by Gasteiger charge is -2.33. The van der Waals surface area contributed by atoms with Crippen molar-refractivity contribution >= 4 is 11.8 Å². The van der Waals surface area contributed by atoms with Crippen molar-refractivity contribution < 1.29 is 9.90 Å². The number of carboxylic acid groups (broad SMARTS) is 1. The fourth-order valence-electron chi connectivity index (χ4n) is 2.50. The average molecular weight is 278 g/mol. The molecule has 2 N–H and O–H groups in total. The standard InChI is InChI=1S/C14H22N4O2/c1-10-11(2)17-13(7-16-10)18-5-3-4-12(9-18)6-15-8-14(19)20/h7,12,15H,3-6,8-9H2,1-2H3,(H,19,20). The first kappa shape index (κ1) is 14.7. The fourth-order valence-corrected chi connectivity index (χ4v) is 2.50. The van der Waals surface area contributed by atoms with Crippen LogP contribution in [0.4, 0.5) is 5.82 Å². The van der Waals surface area contributed by atoms with Crippen LogP contribution in [-0.4, -0.2) is 47.2 Å². The predicted octanol–water partition coefficient (Wildman–Crippen LogP) is 0.984. The van der Waals surface area contributed by atoms with Gasteiger partial charge in [-0.2, -0.15) is 0 Å². The minimum Gasteiger partial charge on any atom is -0.480 e. The van der Waals surface area contributed by atoms with Crippen LogP contribution in [0.15, 0.2) is 6.20 Å². The highest BCUT2D eigenvalue weighted by molar-refractivity contribution is 5.68. The van der Waals surface area contributed by atoms with Crippen LogP contribution in [0.25, 0.3) is 0 Å². The molecule has 20 heavy (non-hydrogen) atoms. The first-order valence-electron chi connectivity index (χ1n) is 7.04. The summed E-state index contributed by atoms with van der Waals surface area (Å²) in [4.78, 5) is 21.7. The summed E-state index contributed by atoms with van der Waals surface area (Å²) in [6, 6.07) is 0. The molecule has 1 aliphatic rings. The number of carbonyl (C=O) groups is 1. The van der Waals surface area contributed by atoms with Gasteiger partial charge in [0.2, 0.25) is 0 Å². The molecule has 1 saturated heterocycles. The number of hydrogen-bond donors (Lipinski definition) is 2. The number of aliphatic carboxylic acids is 1. The van der Waals surface area contributed by atoms with E-state index in [1.807, 2.05) is 20.0 Å². The van der Waals surface area contributed by atoms with Gasteiger partial charge in [-0.15, -0.1) is 0 Å². The number of aryl methyl sites for hydroxylation is 2. The second kappa shape index (κ2) is 6.65. The quantitative estimate of drug-likeness (QED) is 0.836. The van der Waals surface area contributed by atoms with E-state index in [4.69, 9.17) is 5.11 Å². The number of carboxylic acids is 1. The molecule has 6 nitrogen and oxygen atoms in total. The van der Waals surface area contributed by atoms with Crippen LogP contribution in [-0.2, 0) is 4.79 Å². The molecule has 0 spiro atoms. The van der Waals surface area contributed by atoms with Gasteiger partial charge < -0.3 is 15.3 Å². The number of hydrogen-bond acceptors (Lipinski definition) is 5. The fraction of sp³-hybridized carbons (Fsp3) is 0.643. The molecule has 1 aliphatic heterocycles. The van der Waals surface area contributed by atoms with Gasteiger partial charge >= 0.3 is 5.97 Å². The first-order chi connectivity index (χ1) is 9.56. The third-order valence-corrected chi connectivity index (χ3v) is 3.73. The van der Waals surface area contributed by atoms with Gasteiger partial charge in [0, 0.05) is 19.6 Å². The van der Waals surface area contributed by atoms with Crippen molar-refractivity contribution in [3.8, 4) is 0 Å². The number of nitrogens with zero attached hydrogens (tertiary/aromatic N) is 3. The Morgan fingerprint density at radius 3 is 3.00 bits per heavy atom. The lowest BCUT2D eigenvalue weighted by Crippen LogP contribution is -2.41. The van der Waals surface area contributed by atoms with Gasteiger partial charge in [0.25, 0.3) is 0 Å². The van der Waals surface area contributed by atoms with Gasteiger partial charge in [-0.1, -0.05) is 0 Å². The van der Waals surface area contributed by atoms with Crippen molar-refractivity contribution in [2.75, 3.05) is 31.1 Å². The number of aromatic nitrogens is 2. The van der Waals surface area contributed by atoms with Crippen LogP contribution in [0.3, 0.4) is 0 Å². The molecule has 6 heteroatoms. The van der Waals surface area contributed by atoms with Crippen LogP contribution in [0.5, 0.6) is 0 Å². The van der Waals surface area contributed by atoms with E-state index in [0.29, 0.717) is 5.92 Å². The molecule has 0 amide bonds. The predicted molar refractivity (Wildman–Crippen MR) is 76.9 cm³/mol. The molecule has 2 rings (SSSR count). The number of nitrogens with one attached hydrogen (secondary N) is 1. The molecule has 1 aromatic heterocycles. The Bertz CT molecular complexity index is 478. The number of rotatable bonds is 5. The highest BCUT2D eigenvalue weighted by Crippen LogP contribution is 2.21. The first-order valence-corrected chi connectivity index (χ1v) is 7.04. The lowest BCUT2D eigenvalue weighted by atomic mass is 9.98. The molecule has 1 atom stereocenters. The van der Waals surface area contributed by atoms with Gasteiger partial charge in [0.05, 0.1) is 24.1 Å². The zero-order valence-electron chi connectivity index (χ0n) is 12.1. The Labute approximate surface area is 119 Å². The van der Waals surface area contributed by atoms with E-state index in [0.717, 1.165) is 49.7 Å². The van der Waals surface area contributed by atoms with E-state index in [9.17, 15) is 4.79 Å². The van der Waals surface area contributed by atoms with Crippen LogP contribution in [0, 0.1) is 19.8 Å². The summed E-state index contributed by atoms with van der Waals surface area (Å²) in [5.74, 6) is 0.584. The summed E-state index contributed by atoms with van der Waals surface area (Å²) in [6.45, 7) is 6.60. The summed E-state index contributed by atoms with van der Waals surface area (Å²) < 4.78 is 0. The summed E-state index contributed by atoms with van der Waals surface area (Å²) in [5.41, 5.74) is 1.93. The largest absolute Gasteiger partial charge is 0.480 e. The van der Waals surface area contributed by atoms with Crippen molar-refractivity contribution in [2.45, 2.75) is 26.7 Å². The second-order valence-corrected chi connectivity index (χ2v) is 5.38. The van der Waals surface area contributed by atoms with Gasteiger partial charge in [-0.25, -0.2) is 4.98 Å². The monoisotopic (exact) mass is 278 g/mol. The summed E-state index contributed by atoms with van der Waals surface area (Å²) >= 11 is 0. The van der Waals surface area contributed by atoms with E-state index in [2.05, 4.69) is 20.2 Å². The smallest absolute Gasteiger partial charge is 0.317 e. The maximum absolute atomic E-state index is 10.5. The van der Waals surface area contributed by atoms with E-state index in [1.54, 1.807) is 0 Å². The third-order valence-electron chi connectivity index (χ3n) is 3.73. The molecular formula is C14H22N4O2. The second-order valence-electron chi connectivity index (χ2n) is 5.38. The van der Waals surface area contributed by atoms with Crippen LogP contribution < -0.4 is 10.2 Å². The summed E-state index contributed by atoms with van der Waals surface area (Å²) in [6.07, 6.45) is 4.06. The zero-order valence-corrected chi connectivity index (χ0v) is 12.1. The minimum absolute atomic E-state index is 0.0277. The maximum Gasteiger partial charge on any atom is 0.317 e. The molecular weight excluding hydrogens is 256 g/mol.